The molecule has 3 heterocycles. The van der Waals surface area contributed by atoms with Crippen molar-refractivity contribution in [1.29, 1.82) is 0 Å². The van der Waals surface area contributed by atoms with E-state index in [1.807, 2.05) is 67.3 Å². The van der Waals surface area contributed by atoms with E-state index >= 15 is 0 Å². The molecule has 0 aliphatic carbocycles. The molecule has 0 aromatic heterocycles. The summed E-state index contributed by atoms with van der Waals surface area (Å²) in [7, 11) is 0. The van der Waals surface area contributed by atoms with Crippen molar-refractivity contribution in [3.63, 3.8) is 0 Å². The standard InChI is InChI=1S/C35H26Cl2N2O3/c1-19-12-15-28-24(16-19)20(2)17-29-35(25-10-6-7-11-27(25)38-34(35)42)30(33(41)23-14-13-22(36)18-26(23)37)31(39(28)29)32(40)21-8-4-3-5-9-21/h3-18,29-31H,1-2H3,(H,38,42)/t29-,30+,31+,35-/m1/s1. The normalized spacial score (nSPS) is 23.6. The Morgan fingerprint density at radius 1 is 0.857 bits per heavy atom. The molecule has 5 nitrogen and oxygen atoms in total. The van der Waals surface area contributed by atoms with Gasteiger partial charge in [0.1, 0.15) is 11.5 Å². The second kappa shape index (κ2) is 9.69. The van der Waals surface area contributed by atoms with E-state index < -0.39 is 23.4 Å². The van der Waals surface area contributed by atoms with Gasteiger partial charge in [0.15, 0.2) is 11.6 Å². The number of hydrogen-bond acceptors (Lipinski definition) is 4. The van der Waals surface area contributed by atoms with E-state index in [-0.39, 0.29) is 28.1 Å². The number of halogens is 2. The number of fused-ring (bicyclic) bond motifs is 6. The van der Waals surface area contributed by atoms with Gasteiger partial charge in [-0.1, -0.05) is 89.4 Å². The molecule has 4 atom stereocenters. The molecule has 1 spiro atoms. The average Bonchev–Trinajstić information content (AvgIpc) is 3.45. The lowest BCUT2D eigenvalue weighted by Crippen LogP contribution is -2.51. The van der Waals surface area contributed by atoms with Crippen LogP contribution in [0.25, 0.3) is 5.57 Å². The third-order valence-electron chi connectivity index (χ3n) is 8.94. The van der Waals surface area contributed by atoms with Crippen LogP contribution in [0, 0.1) is 12.8 Å². The van der Waals surface area contributed by atoms with Gasteiger partial charge in [0.25, 0.3) is 0 Å². The van der Waals surface area contributed by atoms with E-state index in [0.29, 0.717) is 21.8 Å². The largest absolute Gasteiger partial charge is 0.352 e. The number of nitrogens with one attached hydrogen (secondary N) is 1. The fraction of sp³-hybridized carbons (Fsp3) is 0.171. The van der Waals surface area contributed by atoms with Crippen LogP contribution in [-0.2, 0) is 10.2 Å². The fourth-order valence-electron chi connectivity index (χ4n) is 7.18. The highest BCUT2D eigenvalue weighted by Crippen LogP contribution is 2.59. The summed E-state index contributed by atoms with van der Waals surface area (Å²) in [4.78, 5) is 46.1. The van der Waals surface area contributed by atoms with Crippen molar-refractivity contribution in [2.45, 2.75) is 31.3 Å². The van der Waals surface area contributed by atoms with Crippen molar-refractivity contribution in [1.82, 2.24) is 0 Å². The van der Waals surface area contributed by atoms with Crippen LogP contribution >= 0.6 is 23.2 Å². The Morgan fingerprint density at radius 2 is 1.60 bits per heavy atom. The van der Waals surface area contributed by atoms with Crippen LogP contribution in [0.3, 0.4) is 0 Å². The third kappa shape index (κ3) is 3.67. The number of nitrogens with zero attached hydrogens (tertiary/aromatic N) is 1. The molecule has 3 aliphatic rings. The summed E-state index contributed by atoms with van der Waals surface area (Å²) < 4.78 is 0. The fourth-order valence-corrected chi connectivity index (χ4v) is 7.68. The topological polar surface area (TPSA) is 66.5 Å². The third-order valence-corrected chi connectivity index (χ3v) is 9.49. The molecule has 7 heteroatoms. The molecule has 0 unspecified atom stereocenters. The Labute approximate surface area is 253 Å². The summed E-state index contributed by atoms with van der Waals surface area (Å²) in [6, 6.07) is 25.6. The number of allylic oxidation sites excluding steroid dienone is 1. The highest BCUT2D eigenvalue weighted by molar-refractivity contribution is 6.37. The zero-order valence-electron chi connectivity index (χ0n) is 22.9. The zero-order valence-corrected chi connectivity index (χ0v) is 24.4. The quantitative estimate of drug-likeness (QED) is 0.248. The van der Waals surface area contributed by atoms with E-state index in [0.717, 1.165) is 22.4 Å². The average molecular weight is 594 g/mol. The minimum Gasteiger partial charge on any atom is -0.352 e. The monoisotopic (exact) mass is 592 g/mol. The Hall–Kier alpha value is -4.19. The summed E-state index contributed by atoms with van der Waals surface area (Å²) in [5.41, 5.74) is 4.44. The first-order valence-corrected chi connectivity index (χ1v) is 14.6. The minimum absolute atomic E-state index is 0.174. The van der Waals surface area contributed by atoms with Gasteiger partial charge in [-0.05, 0) is 61.4 Å². The molecular weight excluding hydrogens is 567 g/mol. The zero-order chi connectivity index (χ0) is 29.3. The van der Waals surface area contributed by atoms with Crippen LogP contribution in [0.1, 0.15) is 44.3 Å². The maximum Gasteiger partial charge on any atom is 0.238 e. The number of amides is 1. The van der Waals surface area contributed by atoms with Gasteiger partial charge >= 0.3 is 0 Å². The lowest BCUT2D eigenvalue weighted by molar-refractivity contribution is -0.121. The van der Waals surface area contributed by atoms with Crippen LogP contribution < -0.4 is 10.2 Å². The van der Waals surface area contributed by atoms with Gasteiger partial charge < -0.3 is 10.2 Å². The molecule has 4 aromatic rings. The number of carbonyl (C=O) groups excluding carboxylic acids is 3. The van der Waals surface area contributed by atoms with Gasteiger partial charge in [-0.2, -0.15) is 0 Å². The smallest absolute Gasteiger partial charge is 0.238 e. The summed E-state index contributed by atoms with van der Waals surface area (Å²) >= 11 is 12.8. The first-order valence-electron chi connectivity index (χ1n) is 13.8. The van der Waals surface area contributed by atoms with Gasteiger partial charge in [0.2, 0.25) is 5.91 Å². The van der Waals surface area contributed by atoms with Crippen LogP contribution in [0.15, 0.2) is 97.1 Å². The van der Waals surface area contributed by atoms with E-state index in [9.17, 15) is 14.4 Å². The Kier molecular flexibility index (Phi) is 6.16. The highest BCUT2D eigenvalue weighted by atomic mass is 35.5. The molecule has 0 radical (unpaired) electrons. The molecule has 42 heavy (non-hydrogen) atoms. The number of carbonyl (C=O) groups is 3. The Bertz CT molecular complexity index is 1850. The summed E-state index contributed by atoms with van der Waals surface area (Å²) in [6.45, 7) is 4.04. The lowest BCUT2D eigenvalue weighted by Gasteiger charge is -2.39. The molecule has 1 saturated heterocycles. The predicted molar refractivity (Wildman–Crippen MR) is 167 cm³/mol. The highest BCUT2D eigenvalue weighted by Gasteiger charge is 2.70. The number of aryl methyl sites for hydroxylation is 1. The van der Waals surface area contributed by atoms with Gasteiger partial charge in [0.05, 0.1) is 17.0 Å². The number of para-hydroxylation sites is 1. The van der Waals surface area contributed by atoms with Crippen molar-refractivity contribution < 1.29 is 14.4 Å². The first-order chi connectivity index (χ1) is 20.2. The van der Waals surface area contributed by atoms with E-state index in [2.05, 4.69) is 11.4 Å². The van der Waals surface area contributed by atoms with E-state index in [1.165, 1.54) is 6.07 Å². The van der Waals surface area contributed by atoms with Crippen molar-refractivity contribution in [2.75, 3.05) is 10.2 Å². The molecule has 7 rings (SSSR count). The number of Topliss-reactive ketones (excluding diaryl/α,β-unsaturated/α-hetero) is 2. The maximum absolute atomic E-state index is 14.9. The molecule has 4 aromatic carbocycles. The number of rotatable bonds is 4. The van der Waals surface area contributed by atoms with E-state index in [1.54, 1.807) is 36.4 Å². The van der Waals surface area contributed by atoms with Gasteiger partial charge in [-0.25, -0.2) is 0 Å². The Morgan fingerprint density at radius 3 is 2.36 bits per heavy atom. The Balaban J connectivity index is 1.57. The summed E-state index contributed by atoms with van der Waals surface area (Å²) in [5.74, 6) is -2.04. The summed E-state index contributed by atoms with van der Waals surface area (Å²) in [6.07, 6.45) is 2.05. The molecule has 1 amide bonds. The van der Waals surface area contributed by atoms with Gasteiger partial charge in [0, 0.05) is 33.1 Å². The lowest BCUT2D eigenvalue weighted by atomic mass is 9.64. The SMILES string of the molecule is CC1=C[C@H]2N(c3ccc(C)cc31)[C@H](C(=O)c1ccccc1)[C@@H](C(=O)c1ccc(Cl)cc1Cl)[C@]21C(=O)Nc2ccccc21. The molecule has 1 fully saturated rings. The van der Waals surface area contributed by atoms with Crippen molar-refractivity contribution in [3.05, 3.63) is 135 Å². The van der Waals surface area contributed by atoms with Crippen LogP contribution in [-0.4, -0.2) is 29.6 Å². The number of ketones is 2. The molecule has 1 N–H and O–H groups in total. The maximum atomic E-state index is 14.9. The molecule has 0 saturated carbocycles. The van der Waals surface area contributed by atoms with Crippen LogP contribution in [0.2, 0.25) is 10.0 Å². The van der Waals surface area contributed by atoms with Gasteiger partial charge in [-0.15, -0.1) is 0 Å². The van der Waals surface area contributed by atoms with Crippen LogP contribution in [0.5, 0.6) is 0 Å². The first kappa shape index (κ1) is 26.7. The predicted octanol–water partition coefficient (Wildman–Crippen LogP) is 7.55. The molecule has 3 aliphatic heterocycles. The molecule has 0 bridgehead atoms. The van der Waals surface area contributed by atoms with Crippen molar-refractivity contribution in [2.24, 2.45) is 5.92 Å². The summed E-state index contributed by atoms with van der Waals surface area (Å²) in [5, 5.41) is 3.62. The van der Waals surface area contributed by atoms with Crippen LogP contribution in [0.4, 0.5) is 11.4 Å². The van der Waals surface area contributed by atoms with E-state index in [4.69, 9.17) is 23.2 Å². The number of benzene rings is 4. The van der Waals surface area contributed by atoms with Crippen molar-refractivity contribution in [3.8, 4) is 0 Å². The number of anilines is 2. The van der Waals surface area contributed by atoms with Gasteiger partial charge in [-0.3, -0.25) is 14.4 Å². The van der Waals surface area contributed by atoms with Crippen molar-refractivity contribution >= 4 is 57.6 Å². The number of hydrogen-bond donors (Lipinski definition) is 1. The second-order valence-corrected chi connectivity index (χ2v) is 12.1. The molecule has 208 valence electrons. The second-order valence-electron chi connectivity index (χ2n) is 11.2. The molecular formula is C35H26Cl2N2O3. The minimum atomic E-state index is -1.41.